The van der Waals surface area contributed by atoms with Gasteiger partial charge in [-0.1, -0.05) is 6.92 Å². The quantitative estimate of drug-likeness (QED) is 0.699. The molecule has 0 aliphatic carbocycles. The van der Waals surface area contributed by atoms with E-state index in [0.717, 1.165) is 31.9 Å². The maximum Gasteiger partial charge on any atom is 0.122 e. The van der Waals surface area contributed by atoms with Gasteiger partial charge in [-0.2, -0.15) is 5.26 Å². The third kappa shape index (κ3) is 1.51. The van der Waals surface area contributed by atoms with Crippen molar-refractivity contribution in [3.05, 3.63) is 18.2 Å². The van der Waals surface area contributed by atoms with Crippen LogP contribution >= 0.6 is 0 Å². The lowest BCUT2D eigenvalue weighted by molar-refractivity contribution is 0.180. The minimum Gasteiger partial charge on any atom is -0.333 e. The van der Waals surface area contributed by atoms with Crippen LogP contribution < -0.4 is 0 Å². The van der Waals surface area contributed by atoms with Gasteiger partial charge in [0.15, 0.2) is 0 Å². The van der Waals surface area contributed by atoms with Crippen LogP contribution in [0.15, 0.2) is 12.4 Å². The lowest BCUT2D eigenvalue weighted by Crippen LogP contribution is -2.40. The summed E-state index contributed by atoms with van der Waals surface area (Å²) in [5, 5.41) is 8.96. The van der Waals surface area contributed by atoms with Crippen molar-refractivity contribution in [1.82, 2.24) is 14.5 Å². The maximum atomic E-state index is 8.96. The van der Waals surface area contributed by atoms with Crippen molar-refractivity contribution in [2.75, 3.05) is 6.54 Å². The molecule has 0 fully saturated rings. The van der Waals surface area contributed by atoms with Gasteiger partial charge in [0, 0.05) is 25.5 Å². The average Bonchev–Trinajstić information content (AvgIpc) is 2.66. The number of rotatable bonds is 2. The summed E-state index contributed by atoms with van der Waals surface area (Å²) in [7, 11) is 0. The van der Waals surface area contributed by atoms with Crippen molar-refractivity contribution in [1.29, 1.82) is 5.26 Å². The van der Waals surface area contributed by atoms with Crippen molar-refractivity contribution in [3.8, 4) is 6.07 Å². The summed E-state index contributed by atoms with van der Waals surface area (Å²) in [4.78, 5) is 6.47. The Morgan fingerprint density at radius 3 is 3.21 bits per heavy atom. The Labute approximate surface area is 83.8 Å². The first-order chi connectivity index (χ1) is 6.85. The molecule has 74 valence electrons. The average molecular weight is 190 g/mol. The maximum absolute atomic E-state index is 8.96. The van der Waals surface area contributed by atoms with E-state index in [1.165, 1.54) is 0 Å². The smallest absolute Gasteiger partial charge is 0.122 e. The largest absolute Gasteiger partial charge is 0.333 e. The van der Waals surface area contributed by atoms with E-state index >= 15 is 0 Å². The normalized spacial score (nSPS) is 18.6. The van der Waals surface area contributed by atoms with E-state index < -0.39 is 0 Å². The molecule has 0 spiro atoms. The van der Waals surface area contributed by atoms with Crippen molar-refractivity contribution in [2.24, 2.45) is 0 Å². The molecular formula is C10H14N4. The second-order valence-electron chi connectivity index (χ2n) is 3.56. The Morgan fingerprint density at radius 2 is 2.50 bits per heavy atom. The van der Waals surface area contributed by atoms with E-state index in [9.17, 15) is 0 Å². The number of hydrogen-bond acceptors (Lipinski definition) is 3. The molecular weight excluding hydrogens is 176 g/mol. The Hall–Kier alpha value is -1.34. The molecule has 0 saturated carbocycles. The number of nitrogens with zero attached hydrogens (tertiary/aromatic N) is 4. The Balaban J connectivity index is 2.11. The summed E-state index contributed by atoms with van der Waals surface area (Å²) in [5.74, 6) is 1.07. The zero-order valence-corrected chi connectivity index (χ0v) is 8.35. The molecule has 4 heteroatoms. The molecule has 2 rings (SSSR count). The fourth-order valence-corrected chi connectivity index (χ4v) is 1.89. The Bertz CT molecular complexity index is 349. The van der Waals surface area contributed by atoms with Gasteiger partial charge in [0.05, 0.1) is 18.7 Å². The van der Waals surface area contributed by atoms with Crippen LogP contribution in [0.3, 0.4) is 0 Å². The predicted octanol–water partition coefficient (Wildman–Crippen LogP) is 1.00. The second kappa shape index (κ2) is 3.81. The van der Waals surface area contributed by atoms with Gasteiger partial charge in [0.1, 0.15) is 5.82 Å². The zero-order chi connectivity index (χ0) is 9.97. The molecule has 0 N–H and O–H groups in total. The van der Waals surface area contributed by atoms with Gasteiger partial charge in [-0.25, -0.2) is 4.98 Å². The molecule has 0 aromatic carbocycles. The molecule has 14 heavy (non-hydrogen) atoms. The second-order valence-corrected chi connectivity index (χ2v) is 3.56. The van der Waals surface area contributed by atoms with Gasteiger partial charge >= 0.3 is 0 Å². The molecule has 1 aromatic heterocycles. The van der Waals surface area contributed by atoms with Crippen LogP contribution in [0, 0.1) is 11.3 Å². The Kier molecular flexibility index (Phi) is 2.51. The van der Waals surface area contributed by atoms with Crippen molar-refractivity contribution in [3.63, 3.8) is 0 Å². The topological polar surface area (TPSA) is 44.9 Å². The van der Waals surface area contributed by atoms with E-state index in [-0.39, 0.29) is 6.04 Å². The summed E-state index contributed by atoms with van der Waals surface area (Å²) < 4.78 is 2.15. The van der Waals surface area contributed by atoms with E-state index in [1.807, 2.05) is 12.4 Å². The summed E-state index contributed by atoms with van der Waals surface area (Å²) in [5.41, 5.74) is 0. The van der Waals surface area contributed by atoms with Crippen LogP contribution in [0.5, 0.6) is 0 Å². The van der Waals surface area contributed by atoms with Gasteiger partial charge in [-0.3, -0.25) is 4.90 Å². The summed E-state index contributed by atoms with van der Waals surface area (Å²) >= 11 is 0. The molecule has 0 radical (unpaired) electrons. The van der Waals surface area contributed by atoms with E-state index in [4.69, 9.17) is 5.26 Å². The lowest BCUT2D eigenvalue weighted by atomic mass is 10.2. The van der Waals surface area contributed by atoms with Crippen LogP contribution in [0.25, 0.3) is 0 Å². The number of imidazole rings is 1. The van der Waals surface area contributed by atoms with E-state index in [0.29, 0.717) is 0 Å². The van der Waals surface area contributed by atoms with Crippen molar-refractivity contribution >= 4 is 0 Å². The highest BCUT2D eigenvalue weighted by atomic mass is 15.2. The van der Waals surface area contributed by atoms with Gasteiger partial charge in [0.2, 0.25) is 0 Å². The molecule has 2 heterocycles. The minimum atomic E-state index is 0.0421. The molecule has 1 aromatic rings. The fraction of sp³-hybridized carbons (Fsp3) is 0.600. The third-order valence-electron chi connectivity index (χ3n) is 2.75. The summed E-state index contributed by atoms with van der Waals surface area (Å²) in [6, 6.07) is 2.38. The van der Waals surface area contributed by atoms with Gasteiger partial charge in [-0.15, -0.1) is 0 Å². The standard InChI is InChI=1S/C10H14N4/c1-2-9(7-11)14-6-5-13-4-3-12-10(13)8-14/h3-4,9H,2,5-6,8H2,1H3. The zero-order valence-electron chi connectivity index (χ0n) is 8.35. The number of hydrogen-bond donors (Lipinski definition) is 0. The number of nitriles is 1. The fourth-order valence-electron chi connectivity index (χ4n) is 1.89. The molecule has 1 atom stereocenters. The van der Waals surface area contributed by atoms with Crippen LogP contribution in [-0.2, 0) is 13.1 Å². The third-order valence-corrected chi connectivity index (χ3v) is 2.75. The molecule has 1 aliphatic rings. The molecule has 1 aliphatic heterocycles. The first-order valence-corrected chi connectivity index (χ1v) is 4.99. The molecule has 0 saturated heterocycles. The van der Waals surface area contributed by atoms with Crippen LogP contribution in [-0.4, -0.2) is 27.0 Å². The Morgan fingerprint density at radius 1 is 1.64 bits per heavy atom. The number of fused-ring (bicyclic) bond motifs is 1. The number of aromatic nitrogens is 2. The van der Waals surface area contributed by atoms with Crippen LogP contribution in [0.1, 0.15) is 19.2 Å². The molecule has 4 nitrogen and oxygen atoms in total. The predicted molar refractivity (Wildman–Crippen MR) is 52.3 cm³/mol. The first-order valence-electron chi connectivity index (χ1n) is 4.99. The monoisotopic (exact) mass is 190 g/mol. The van der Waals surface area contributed by atoms with Gasteiger partial charge < -0.3 is 4.57 Å². The van der Waals surface area contributed by atoms with Crippen LogP contribution in [0.2, 0.25) is 0 Å². The summed E-state index contributed by atoms with van der Waals surface area (Å²) in [6.45, 7) is 4.76. The lowest BCUT2D eigenvalue weighted by Gasteiger charge is -2.30. The molecule has 0 amide bonds. The summed E-state index contributed by atoms with van der Waals surface area (Å²) in [6.07, 6.45) is 4.71. The van der Waals surface area contributed by atoms with Crippen molar-refractivity contribution < 1.29 is 0 Å². The first kappa shape index (κ1) is 9.22. The highest BCUT2D eigenvalue weighted by Gasteiger charge is 2.22. The highest BCUT2D eigenvalue weighted by Crippen LogP contribution is 2.14. The van der Waals surface area contributed by atoms with E-state index in [1.54, 1.807) is 0 Å². The molecule has 0 bridgehead atoms. The van der Waals surface area contributed by atoms with Crippen LogP contribution in [0.4, 0.5) is 0 Å². The molecule has 1 unspecified atom stereocenters. The van der Waals surface area contributed by atoms with Crippen molar-refractivity contribution in [2.45, 2.75) is 32.5 Å². The minimum absolute atomic E-state index is 0.0421. The van der Waals surface area contributed by atoms with E-state index in [2.05, 4.69) is 27.4 Å². The van der Waals surface area contributed by atoms with Gasteiger partial charge in [0.25, 0.3) is 0 Å². The SMILES string of the molecule is CCC(C#N)N1CCn2ccnc2C1. The highest BCUT2D eigenvalue weighted by molar-refractivity contribution is 5.00. The van der Waals surface area contributed by atoms with Gasteiger partial charge in [-0.05, 0) is 6.42 Å².